The molecule has 0 fully saturated rings. The summed E-state index contributed by atoms with van der Waals surface area (Å²) in [5.74, 6) is 0.284. The molecule has 2 aromatic carbocycles. The minimum atomic E-state index is 0.106. The molecule has 0 saturated heterocycles. The number of thiophene rings is 1. The normalized spacial score (nSPS) is 17.6. The third kappa shape index (κ3) is 2.05. The van der Waals surface area contributed by atoms with Gasteiger partial charge in [0, 0.05) is 27.5 Å². The van der Waals surface area contributed by atoms with Gasteiger partial charge in [0.15, 0.2) is 0 Å². The molecule has 1 aromatic heterocycles. The van der Waals surface area contributed by atoms with Crippen molar-refractivity contribution >= 4 is 33.7 Å². The number of amides is 1. The lowest BCUT2D eigenvalue weighted by Crippen LogP contribution is -2.23. The van der Waals surface area contributed by atoms with E-state index in [-0.39, 0.29) is 11.8 Å². The maximum Gasteiger partial charge on any atom is 0.225 e. The predicted octanol–water partition coefficient (Wildman–Crippen LogP) is 4.68. The largest absolute Gasteiger partial charge is 0.325 e. The number of rotatable bonds is 1. The fraction of sp³-hybridized carbons (Fsp3) is 0.167. The molecule has 1 atom stereocenters. The first-order valence-corrected chi connectivity index (χ1v) is 7.92. The van der Waals surface area contributed by atoms with Crippen LogP contribution in [0.4, 0.5) is 5.69 Å². The van der Waals surface area contributed by atoms with Crippen LogP contribution in [0.1, 0.15) is 27.7 Å². The fourth-order valence-corrected chi connectivity index (χ4v) is 4.10. The van der Waals surface area contributed by atoms with E-state index in [1.165, 1.54) is 20.7 Å². The minimum Gasteiger partial charge on any atom is -0.325 e. The quantitative estimate of drug-likeness (QED) is 0.693. The lowest BCUT2D eigenvalue weighted by atomic mass is 9.87. The highest BCUT2D eigenvalue weighted by Gasteiger charge is 2.28. The third-order valence-corrected chi connectivity index (χ3v) is 5.21. The zero-order valence-electron chi connectivity index (χ0n) is 11.7. The molecule has 3 aromatic rings. The number of benzene rings is 2. The first-order valence-electron chi connectivity index (χ1n) is 7.10. The van der Waals surface area contributed by atoms with E-state index in [1.54, 1.807) is 11.3 Å². The molecule has 2 heterocycles. The lowest BCUT2D eigenvalue weighted by molar-refractivity contribution is -0.116. The maximum absolute atomic E-state index is 12.2. The van der Waals surface area contributed by atoms with Crippen molar-refractivity contribution in [2.75, 3.05) is 5.32 Å². The molecular weight excluding hydrogens is 278 g/mol. The van der Waals surface area contributed by atoms with Crippen LogP contribution in [0, 0.1) is 6.92 Å². The Morgan fingerprint density at radius 1 is 1.10 bits per heavy atom. The molecule has 1 unspecified atom stereocenters. The van der Waals surface area contributed by atoms with Gasteiger partial charge in [-0.05, 0) is 30.0 Å². The van der Waals surface area contributed by atoms with E-state index < -0.39 is 0 Å². The maximum atomic E-state index is 12.2. The van der Waals surface area contributed by atoms with Gasteiger partial charge in [0.05, 0.1) is 5.69 Å². The summed E-state index contributed by atoms with van der Waals surface area (Å²) >= 11 is 1.79. The van der Waals surface area contributed by atoms with Crippen LogP contribution >= 0.6 is 11.3 Å². The first-order chi connectivity index (χ1) is 10.2. The summed E-state index contributed by atoms with van der Waals surface area (Å²) in [4.78, 5) is 14.7. The summed E-state index contributed by atoms with van der Waals surface area (Å²) < 4.78 is 0. The second-order valence-corrected chi connectivity index (χ2v) is 6.82. The number of aryl methyl sites for hydroxylation is 1. The van der Waals surface area contributed by atoms with Gasteiger partial charge in [-0.1, -0.05) is 36.4 Å². The van der Waals surface area contributed by atoms with Gasteiger partial charge < -0.3 is 5.32 Å². The number of hydrogen-bond acceptors (Lipinski definition) is 2. The Bertz CT molecular complexity index is 849. The Morgan fingerprint density at radius 3 is 2.76 bits per heavy atom. The minimum absolute atomic E-state index is 0.106. The zero-order valence-corrected chi connectivity index (χ0v) is 12.5. The second-order valence-electron chi connectivity index (χ2n) is 5.50. The highest BCUT2D eigenvalue weighted by atomic mass is 32.1. The van der Waals surface area contributed by atoms with Gasteiger partial charge in [-0.15, -0.1) is 11.3 Å². The van der Waals surface area contributed by atoms with Crippen LogP contribution in [0.15, 0.2) is 48.5 Å². The van der Waals surface area contributed by atoms with E-state index in [1.807, 2.05) is 12.1 Å². The van der Waals surface area contributed by atoms with Crippen LogP contribution < -0.4 is 5.32 Å². The van der Waals surface area contributed by atoms with Crippen molar-refractivity contribution in [1.29, 1.82) is 0 Å². The molecular formula is C18H15NOS. The summed E-state index contributed by atoms with van der Waals surface area (Å²) in [7, 11) is 0. The van der Waals surface area contributed by atoms with Crippen LogP contribution in [0.3, 0.4) is 0 Å². The number of nitrogens with one attached hydrogen (secondary N) is 1. The molecule has 2 nitrogen and oxygen atoms in total. The lowest BCUT2D eigenvalue weighted by Gasteiger charge is -2.26. The number of anilines is 1. The zero-order chi connectivity index (χ0) is 14.4. The summed E-state index contributed by atoms with van der Waals surface area (Å²) in [5, 5.41) is 5.37. The van der Waals surface area contributed by atoms with Gasteiger partial charge in [0.25, 0.3) is 0 Å². The summed E-state index contributed by atoms with van der Waals surface area (Å²) in [6, 6.07) is 16.8. The van der Waals surface area contributed by atoms with Gasteiger partial charge in [-0.25, -0.2) is 0 Å². The smallest absolute Gasteiger partial charge is 0.225 e. The van der Waals surface area contributed by atoms with Crippen molar-refractivity contribution in [3.8, 4) is 0 Å². The third-order valence-electron chi connectivity index (χ3n) is 4.10. The standard InChI is InChI=1S/C18H15NOS/c1-11-6-9-16(21-11)15-10-17(20)19-18-13-5-3-2-4-12(13)7-8-14(15)18/h2-9,15H,10H2,1H3,(H,19,20). The Hall–Kier alpha value is -2.13. The van der Waals surface area contributed by atoms with Crippen molar-refractivity contribution in [2.24, 2.45) is 0 Å². The summed E-state index contributed by atoms with van der Waals surface area (Å²) in [6.45, 7) is 2.11. The molecule has 3 heteroatoms. The molecule has 1 aliphatic rings. The topological polar surface area (TPSA) is 29.1 Å². The van der Waals surface area contributed by atoms with Crippen LogP contribution in [0.5, 0.6) is 0 Å². The van der Waals surface area contributed by atoms with Crippen molar-refractivity contribution in [3.63, 3.8) is 0 Å². The fourth-order valence-electron chi connectivity index (χ4n) is 3.10. The van der Waals surface area contributed by atoms with Crippen molar-refractivity contribution in [2.45, 2.75) is 19.3 Å². The summed E-state index contributed by atoms with van der Waals surface area (Å²) in [6.07, 6.45) is 0.533. The van der Waals surface area contributed by atoms with Crippen molar-refractivity contribution in [1.82, 2.24) is 0 Å². The van der Waals surface area contributed by atoms with E-state index in [4.69, 9.17) is 0 Å². The molecule has 1 N–H and O–H groups in total. The monoisotopic (exact) mass is 293 g/mol. The molecule has 0 bridgehead atoms. The average molecular weight is 293 g/mol. The SMILES string of the molecule is Cc1ccc(C2CC(=O)Nc3c2ccc2ccccc32)s1. The molecule has 4 rings (SSSR count). The molecule has 1 aliphatic heterocycles. The van der Waals surface area contributed by atoms with Gasteiger partial charge in [-0.3, -0.25) is 4.79 Å². The molecule has 0 saturated carbocycles. The molecule has 104 valence electrons. The predicted molar refractivity (Wildman–Crippen MR) is 88.1 cm³/mol. The van der Waals surface area contributed by atoms with Gasteiger partial charge in [0.1, 0.15) is 0 Å². The molecule has 0 radical (unpaired) electrons. The number of fused-ring (bicyclic) bond motifs is 3. The van der Waals surface area contributed by atoms with E-state index in [2.05, 4.69) is 48.6 Å². The highest BCUT2D eigenvalue weighted by molar-refractivity contribution is 7.12. The molecule has 21 heavy (non-hydrogen) atoms. The summed E-state index contributed by atoms with van der Waals surface area (Å²) in [5.41, 5.74) is 2.22. The van der Waals surface area contributed by atoms with E-state index >= 15 is 0 Å². The van der Waals surface area contributed by atoms with Gasteiger partial charge in [0.2, 0.25) is 5.91 Å². The van der Waals surface area contributed by atoms with Crippen molar-refractivity contribution < 1.29 is 4.79 Å². The van der Waals surface area contributed by atoms with Crippen LogP contribution in [-0.4, -0.2) is 5.91 Å². The van der Waals surface area contributed by atoms with E-state index in [0.29, 0.717) is 6.42 Å². The Morgan fingerprint density at radius 2 is 1.95 bits per heavy atom. The first kappa shape index (κ1) is 12.6. The average Bonchev–Trinajstić information content (AvgIpc) is 2.93. The number of carbonyl (C=O) groups excluding carboxylic acids is 1. The van der Waals surface area contributed by atoms with E-state index in [9.17, 15) is 4.79 Å². The highest BCUT2D eigenvalue weighted by Crippen LogP contribution is 2.42. The van der Waals surface area contributed by atoms with Crippen LogP contribution in [-0.2, 0) is 4.79 Å². The second kappa shape index (κ2) is 4.71. The van der Waals surface area contributed by atoms with Crippen molar-refractivity contribution in [3.05, 3.63) is 63.8 Å². The molecule has 0 aliphatic carbocycles. The van der Waals surface area contributed by atoms with Crippen LogP contribution in [0.2, 0.25) is 0 Å². The number of carbonyl (C=O) groups is 1. The molecule has 0 spiro atoms. The Kier molecular flexibility index (Phi) is 2.82. The Balaban J connectivity index is 1.95. The van der Waals surface area contributed by atoms with E-state index in [0.717, 1.165) is 11.1 Å². The van der Waals surface area contributed by atoms with Crippen LogP contribution in [0.25, 0.3) is 10.8 Å². The molecule has 1 amide bonds. The van der Waals surface area contributed by atoms with Gasteiger partial charge >= 0.3 is 0 Å². The Labute approximate surface area is 127 Å². The van der Waals surface area contributed by atoms with Gasteiger partial charge in [-0.2, -0.15) is 0 Å². The number of hydrogen-bond donors (Lipinski definition) is 1.